The first-order valence-corrected chi connectivity index (χ1v) is 6.59. The van der Waals surface area contributed by atoms with Crippen molar-refractivity contribution in [1.82, 2.24) is 29.9 Å². The summed E-state index contributed by atoms with van der Waals surface area (Å²) in [5.41, 5.74) is 1.41. The Hall–Kier alpha value is -2.91. The molecule has 3 rings (SSSR count). The number of hydrogen-bond donors (Lipinski definition) is 0. The van der Waals surface area contributed by atoms with Crippen LogP contribution in [0, 0.1) is 6.92 Å². The molecular formula is C13H12F2N6O2. The number of methoxy groups -OCH3 is 1. The summed E-state index contributed by atoms with van der Waals surface area (Å²) in [6.45, 7) is 1.18. The summed E-state index contributed by atoms with van der Waals surface area (Å²) in [6.07, 6.45) is 1.83. The smallest absolute Gasteiger partial charge is 0.261 e. The van der Waals surface area contributed by atoms with Crippen molar-refractivity contribution < 1.29 is 18.0 Å². The molecule has 0 atom stereocenters. The molecule has 0 aliphatic carbocycles. The van der Waals surface area contributed by atoms with E-state index in [1.54, 1.807) is 6.92 Å². The molecule has 120 valence electrons. The third-order valence-corrected chi connectivity index (χ3v) is 2.99. The lowest BCUT2D eigenvalue weighted by Crippen LogP contribution is -2.06. The fraction of sp³-hybridized carbons (Fsp3) is 0.308. The van der Waals surface area contributed by atoms with Crippen LogP contribution in [0.1, 0.15) is 5.69 Å². The van der Waals surface area contributed by atoms with Crippen LogP contribution in [0.2, 0.25) is 0 Å². The Morgan fingerprint density at radius 2 is 2.13 bits per heavy atom. The van der Waals surface area contributed by atoms with E-state index in [0.29, 0.717) is 22.8 Å². The van der Waals surface area contributed by atoms with E-state index >= 15 is 0 Å². The van der Waals surface area contributed by atoms with Gasteiger partial charge in [0, 0.05) is 6.20 Å². The van der Waals surface area contributed by atoms with E-state index in [1.165, 1.54) is 25.7 Å². The molecular weight excluding hydrogens is 310 g/mol. The van der Waals surface area contributed by atoms with Gasteiger partial charge >= 0.3 is 0 Å². The summed E-state index contributed by atoms with van der Waals surface area (Å²) in [4.78, 5) is 12.3. The first kappa shape index (κ1) is 15.0. The highest BCUT2D eigenvalue weighted by molar-refractivity contribution is 5.58. The van der Waals surface area contributed by atoms with Gasteiger partial charge in [-0.05, 0) is 6.92 Å². The average Bonchev–Trinajstić information content (AvgIpc) is 3.13. The fourth-order valence-electron chi connectivity index (χ4n) is 1.94. The fourth-order valence-corrected chi connectivity index (χ4v) is 1.94. The van der Waals surface area contributed by atoms with Crippen LogP contribution in [0.5, 0.6) is 5.88 Å². The zero-order chi connectivity index (χ0) is 16.4. The zero-order valence-corrected chi connectivity index (χ0v) is 12.3. The number of nitrogens with zero attached hydrogens (tertiary/aromatic N) is 6. The second-order valence-corrected chi connectivity index (χ2v) is 4.61. The lowest BCUT2D eigenvalue weighted by Gasteiger charge is -1.97. The number of alkyl halides is 2. The van der Waals surface area contributed by atoms with Gasteiger partial charge in [-0.15, -0.1) is 0 Å². The number of rotatable bonds is 5. The number of halogens is 2. The molecule has 23 heavy (non-hydrogen) atoms. The van der Waals surface area contributed by atoms with E-state index in [0.717, 1.165) is 4.68 Å². The van der Waals surface area contributed by atoms with Crippen molar-refractivity contribution in [1.29, 1.82) is 0 Å². The van der Waals surface area contributed by atoms with Gasteiger partial charge in [-0.3, -0.25) is 4.68 Å². The summed E-state index contributed by atoms with van der Waals surface area (Å²) < 4.78 is 36.1. The number of hydrogen-bond acceptors (Lipinski definition) is 7. The van der Waals surface area contributed by atoms with Crippen LogP contribution in [0.25, 0.3) is 23.0 Å². The van der Waals surface area contributed by atoms with Crippen LogP contribution in [0.15, 0.2) is 23.1 Å². The van der Waals surface area contributed by atoms with Gasteiger partial charge in [0.05, 0.1) is 30.8 Å². The van der Waals surface area contributed by atoms with E-state index in [9.17, 15) is 8.78 Å². The lowest BCUT2D eigenvalue weighted by molar-refractivity contribution is 0.121. The molecule has 10 heteroatoms. The molecule has 0 saturated heterocycles. The second-order valence-electron chi connectivity index (χ2n) is 4.61. The minimum Gasteiger partial charge on any atom is -0.480 e. The number of aryl methyl sites for hydroxylation is 1. The van der Waals surface area contributed by atoms with Crippen LogP contribution >= 0.6 is 0 Å². The molecule has 8 nitrogen and oxygen atoms in total. The maximum absolute atomic E-state index is 12.4. The van der Waals surface area contributed by atoms with Crippen LogP contribution < -0.4 is 4.74 Å². The molecule has 0 unspecified atom stereocenters. The van der Waals surface area contributed by atoms with Crippen molar-refractivity contribution in [3.63, 3.8) is 0 Å². The van der Waals surface area contributed by atoms with E-state index in [2.05, 4.69) is 25.2 Å². The van der Waals surface area contributed by atoms with Gasteiger partial charge in [0.2, 0.25) is 11.7 Å². The third-order valence-electron chi connectivity index (χ3n) is 2.99. The van der Waals surface area contributed by atoms with Crippen molar-refractivity contribution >= 4 is 0 Å². The minimum absolute atomic E-state index is 0.177. The van der Waals surface area contributed by atoms with Gasteiger partial charge in [-0.25, -0.2) is 18.7 Å². The van der Waals surface area contributed by atoms with E-state index in [1.807, 2.05) is 0 Å². The molecule has 0 aromatic carbocycles. The molecule has 0 amide bonds. The Labute approximate surface area is 129 Å². The average molecular weight is 322 g/mol. The molecule has 0 saturated carbocycles. The molecule has 0 aliphatic rings. The second kappa shape index (κ2) is 6.07. The van der Waals surface area contributed by atoms with E-state index in [-0.39, 0.29) is 11.7 Å². The normalized spacial score (nSPS) is 11.2. The zero-order valence-electron chi connectivity index (χ0n) is 12.3. The lowest BCUT2D eigenvalue weighted by atomic mass is 10.2. The number of ether oxygens (including phenoxy) is 1. The van der Waals surface area contributed by atoms with Gasteiger partial charge in [0.25, 0.3) is 12.3 Å². The molecule has 0 spiro atoms. The highest BCUT2D eigenvalue weighted by Crippen LogP contribution is 2.23. The molecule has 3 aromatic rings. The monoisotopic (exact) mass is 322 g/mol. The van der Waals surface area contributed by atoms with Gasteiger partial charge < -0.3 is 9.26 Å². The molecule has 0 aliphatic heterocycles. The molecule has 0 N–H and O–H groups in total. The van der Waals surface area contributed by atoms with Crippen LogP contribution in [0.3, 0.4) is 0 Å². The molecule has 3 aromatic heterocycles. The Balaban J connectivity index is 1.87. The molecule has 0 bridgehead atoms. The summed E-state index contributed by atoms with van der Waals surface area (Å²) in [5.74, 6) is 0.772. The van der Waals surface area contributed by atoms with Gasteiger partial charge in [-0.2, -0.15) is 10.1 Å². The SMILES string of the molecule is COc1cnc(-c2noc(-c3cn(CC(F)F)nc3C)n2)cn1. The van der Waals surface area contributed by atoms with Crippen molar-refractivity contribution in [3.8, 4) is 28.9 Å². The Kier molecular flexibility index (Phi) is 3.96. The minimum atomic E-state index is -2.49. The third kappa shape index (κ3) is 3.15. The standard InChI is InChI=1S/C13H12F2N6O2/c1-7-8(5-21(19-7)6-10(14)15)13-18-12(20-23-13)9-3-17-11(22-2)4-16-9/h3-5,10H,6H2,1-2H3. The van der Waals surface area contributed by atoms with E-state index < -0.39 is 13.0 Å². The van der Waals surface area contributed by atoms with Crippen LogP contribution in [-0.2, 0) is 6.54 Å². The van der Waals surface area contributed by atoms with Crippen LogP contribution in [-0.4, -0.2) is 43.4 Å². The van der Waals surface area contributed by atoms with Gasteiger partial charge in [-0.1, -0.05) is 5.16 Å². The highest BCUT2D eigenvalue weighted by Gasteiger charge is 2.17. The van der Waals surface area contributed by atoms with Gasteiger partial charge in [0.1, 0.15) is 12.2 Å². The Morgan fingerprint density at radius 1 is 1.30 bits per heavy atom. The largest absolute Gasteiger partial charge is 0.480 e. The first-order chi connectivity index (χ1) is 11.1. The quantitative estimate of drug-likeness (QED) is 0.709. The Bertz CT molecular complexity index is 799. The Morgan fingerprint density at radius 3 is 2.78 bits per heavy atom. The summed E-state index contributed by atoms with van der Waals surface area (Å²) >= 11 is 0. The van der Waals surface area contributed by atoms with Crippen molar-refractivity contribution in [2.24, 2.45) is 0 Å². The van der Waals surface area contributed by atoms with Crippen LogP contribution in [0.4, 0.5) is 8.78 Å². The summed E-state index contributed by atoms with van der Waals surface area (Å²) in [6, 6.07) is 0. The maximum atomic E-state index is 12.4. The number of aromatic nitrogens is 6. The predicted octanol–water partition coefficient (Wildman–Crippen LogP) is 1.97. The van der Waals surface area contributed by atoms with Crippen molar-refractivity contribution in [3.05, 3.63) is 24.3 Å². The first-order valence-electron chi connectivity index (χ1n) is 6.59. The summed E-state index contributed by atoms with van der Waals surface area (Å²) in [5, 5.41) is 7.81. The van der Waals surface area contributed by atoms with Crippen molar-refractivity contribution in [2.45, 2.75) is 19.9 Å². The van der Waals surface area contributed by atoms with E-state index in [4.69, 9.17) is 9.26 Å². The molecule has 0 fully saturated rings. The van der Waals surface area contributed by atoms with Gasteiger partial charge in [0.15, 0.2) is 0 Å². The topological polar surface area (TPSA) is 91.8 Å². The van der Waals surface area contributed by atoms with Crippen molar-refractivity contribution in [2.75, 3.05) is 7.11 Å². The molecule has 3 heterocycles. The maximum Gasteiger partial charge on any atom is 0.261 e. The summed E-state index contributed by atoms with van der Waals surface area (Å²) in [7, 11) is 1.48. The predicted molar refractivity (Wildman–Crippen MR) is 73.8 cm³/mol. The molecule has 0 radical (unpaired) electrons. The highest BCUT2D eigenvalue weighted by atomic mass is 19.3.